The standard InChI is InChI=1S/C16H22N2OS/c1-12-6-8-13(9-7-12)17-10-11-20-16-18-14-4-2-3-5-15(14)19-16/h2-5,12-13,17H,6-11H2,1H3. The predicted molar refractivity (Wildman–Crippen MR) is 84.2 cm³/mol. The van der Waals surface area contributed by atoms with Crippen LogP contribution in [0.3, 0.4) is 0 Å². The first-order valence-corrected chi connectivity index (χ1v) is 8.51. The number of nitrogens with one attached hydrogen (secondary N) is 1. The van der Waals surface area contributed by atoms with Crippen LogP contribution in [0.25, 0.3) is 11.1 Å². The van der Waals surface area contributed by atoms with Crippen molar-refractivity contribution in [3.05, 3.63) is 24.3 Å². The number of thioether (sulfide) groups is 1. The molecule has 1 aliphatic rings. The van der Waals surface area contributed by atoms with Gasteiger partial charge in [-0.25, -0.2) is 4.98 Å². The molecule has 1 aromatic heterocycles. The number of hydrogen-bond acceptors (Lipinski definition) is 4. The molecule has 108 valence electrons. The van der Waals surface area contributed by atoms with E-state index >= 15 is 0 Å². The maximum atomic E-state index is 5.70. The minimum absolute atomic E-state index is 0.718. The van der Waals surface area contributed by atoms with Crippen LogP contribution in [0.1, 0.15) is 32.6 Å². The van der Waals surface area contributed by atoms with Gasteiger partial charge in [-0.3, -0.25) is 0 Å². The zero-order chi connectivity index (χ0) is 13.8. The Morgan fingerprint density at radius 2 is 2.05 bits per heavy atom. The number of oxazole rings is 1. The van der Waals surface area contributed by atoms with Crippen LogP contribution in [0.5, 0.6) is 0 Å². The predicted octanol–water partition coefficient (Wildman–Crippen LogP) is 4.09. The van der Waals surface area contributed by atoms with E-state index in [-0.39, 0.29) is 0 Å². The van der Waals surface area contributed by atoms with Crippen molar-refractivity contribution in [2.45, 2.75) is 43.9 Å². The molecule has 1 fully saturated rings. The molecule has 0 spiro atoms. The van der Waals surface area contributed by atoms with Gasteiger partial charge in [-0.2, -0.15) is 0 Å². The molecule has 1 saturated carbocycles. The molecule has 0 radical (unpaired) electrons. The molecule has 1 heterocycles. The summed E-state index contributed by atoms with van der Waals surface area (Å²) in [5, 5.41) is 4.44. The zero-order valence-corrected chi connectivity index (χ0v) is 12.8. The topological polar surface area (TPSA) is 38.1 Å². The molecule has 0 amide bonds. The van der Waals surface area contributed by atoms with E-state index in [0.29, 0.717) is 0 Å². The minimum atomic E-state index is 0.718. The fourth-order valence-corrected chi connectivity index (χ4v) is 3.48. The van der Waals surface area contributed by atoms with Crippen molar-refractivity contribution in [3.63, 3.8) is 0 Å². The Morgan fingerprint density at radius 1 is 1.25 bits per heavy atom. The number of aromatic nitrogens is 1. The van der Waals surface area contributed by atoms with Crippen molar-refractivity contribution >= 4 is 22.9 Å². The number of hydrogen-bond donors (Lipinski definition) is 1. The van der Waals surface area contributed by atoms with Crippen LogP contribution in [0.15, 0.2) is 33.9 Å². The van der Waals surface area contributed by atoms with Crippen molar-refractivity contribution in [2.75, 3.05) is 12.3 Å². The number of para-hydroxylation sites is 2. The fraction of sp³-hybridized carbons (Fsp3) is 0.562. The summed E-state index contributed by atoms with van der Waals surface area (Å²) in [6, 6.07) is 8.65. The number of rotatable bonds is 5. The van der Waals surface area contributed by atoms with Gasteiger partial charge in [0.2, 0.25) is 0 Å². The van der Waals surface area contributed by atoms with Gasteiger partial charge in [-0.15, -0.1) is 0 Å². The third-order valence-corrected chi connectivity index (χ3v) is 4.88. The Balaban J connectivity index is 1.41. The summed E-state index contributed by atoms with van der Waals surface area (Å²) in [6.45, 7) is 3.39. The van der Waals surface area contributed by atoms with E-state index < -0.39 is 0 Å². The molecule has 4 heteroatoms. The molecule has 0 saturated heterocycles. The molecule has 1 N–H and O–H groups in total. The highest BCUT2D eigenvalue weighted by Crippen LogP contribution is 2.24. The fourth-order valence-electron chi connectivity index (χ4n) is 2.78. The molecular formula is C16H22N2OS. The lowest BCUT2D eigenvalue weighted by molar-refractivity contribution is 0.312. The minimum Gasteiger partial charge on any atom is -0.431 e. The highest BCUT2D eigenvalue weighted by atomic mass is 32.2. The molecule has 2 aromatic rings. The van der Waals surface area contributed by atoms with Crippen molar-refractivity contribution in [1.29, 1.82) is 0 Å². The average Bonchev–Trinajstić information content (AvgIpc) is 2.88. The van der Waals surface area contributed by atoms with Crippen LogP contribution >= 0.6 is 11.8 Å². The van der Waals surface area contributed by atoms with Crippen LogP contribution in [-0.4, -0.2) is 23.3 Å². The lowest BCUT2D eigenvalue weighted by atomic mass is 9.87. The van der Waals surface area contributed by atoms with Gasteiger partial charge in [0.25, 0.3) is 5.22 Å². The summed E-state index contributed by atoms with van der Waals surface area (Å²) in [6.07, 6.45) is 5.40. The highest BCUT2D eigenvalue weighted by Gasteiger charge is 2.17. The average molecular weight is 290 g/mol. The largest absolute Gasteiger partial charge is 0.431 e. The van der Waals surface area contributed by atoms with Gasteiger partial charge in [0.05, 0.1) is 0 Å². The SMILES string of the molecule is CC1CCC(NCCSc2nc3ccccc3o2)CC1. The lowest BCUT2D eigenvalue weighted by Crippen LogP contribution is -2.34. The maximum Gasteiger partial charge on any atom is 0.256 e. The van der Waals surface area contributed by atoms with Gasteiger partial charge in [0.1, 0.15) is 5.52 Å². The monoisotopic (exact) mass is 290 g/mol. The van der Waals surface area contributed by atoms with E-state index in [1.807, 2.05) is 24.3 Å². The molecule has 0 aliphatic heterocycles. The van der Waals surface area contributed by atoms with Crippen molar-refractivity contribution in [1.82, 2.24) is 10.3 Å². The molecule has 20 heavy (non-hydrogen) atoms. The summed E-state index contributed by atoms with van der Waals surface area (Å²) in [7, 11) is 0. The second-order valence-electron chi connectivity index (χ2n) is 5.71. The molecule has 3 rings (SSSR count). The van der Waals surface area contributed by atoms with Crippen LogP contribution in [0.2, 0.25) is 0 Å². The van der Waals surface area contributed by atoms with Crippen molar-refractivity contribution in [3.8, 4) is 0 Å². The van der Waals surface area contributed by atoms with Gasteiger partial charge in [0.15, 0.2) is 5.58 Å². The van der Waals surface area contributed by atoms with Gasteiger partial charge in [-0.05, 0) is 43.7 Å². The van der Waals surface area contributed by atoms with Gasteiger partial charge in [0, 0.05) is 18.3 Å². The zero-order valence-electron chi connectivity index (χ0n) is 12.0. The quantitative estimate of drug-likeness (QED) is 0.665. The molecule has 1 aliphatic carbocycles. The lowest BCUT2D eigenvalue weighted by Gasteiger charge is -2.26. The Labute approximate surface area is 124 Å². The second-order valence-corrected chi connectivity index (χ2v) is 6.75. The summed E-state index contributed by atoms with van der Waals surface area (Å²) in [5.74, 6) is 1.93. The first kappa shape index (κ1) is 14.0. The van der Waals surface area contributed by atoms with Crippen molar-refractivity contribution in [2.24, 2.45) is 5.92 Å². The summed E-state index contributed by atoms with van der Waals surface area (Å²) < 4.78 is 5.70. The van der Waals surface area contributed by atoms with Crippen molar-refractivity contribution < 1.29 is 4.42 Å². The maximum absolute atomic E-state index is 5.70. The first-order chi connectivity index (χ1) is 9.81. The Hall–Kier alpha value is -1.00. The van der Waals surface area contributed by atoms with E-state index in [4.69, 9.17) is 4.42 Å². The molecular weight excluding hydrogens is 268 g/mol. The number of nitrogens with zero attached hydrogens (tertiary/aromatic N) is 1. The van der Waals surface area contributed by atoms with E-state index in [1.165, 1.54) is 25.7 Å². The third kappa shape index (κ3) is 3.55. The van der Waals surface area contributed by atoms with Crippen LogP contribution in [-0.2, 0) is 0 Å². The van der Waals surface area contributed by atoms with E-state index in [2.05, 4.69) is 17.2 Å². The smallest absolute Gasteiger partial charge is 0.256 e. The van der Waals surface area contributed by atoms with Crippen LogP contribution in [0.4, 0.5) is 0 Å². The molecule has 0 unspecified atom stereocenters. The third-order valence-electron chi connectivity index (χ3n) is 4.05. The van der Waals surface area contributed by atoms with E-state index in [9.17, 15) is 0 Å². The Kier molecular flexibility index (Phi) is 4.63. The summed E-state index contributed by atoms with van der Waals surface area (Å²) in [5.41, 5.74) is 1.83. The van der Waals surface area contributed by atoms with Crippen LogP contribution in [0, 0.1) is 5.92 Å². The number of fused-ring (bicyclic) bond motifs is 1. The molecule has 0 bridgehead atoms. The molecule has 0 atom stereocenters. The second kappa shape index (κ2) is 6.64. The van der Waals surface area contributed by atoms with Gasteiger partial charge >= 0.3 is 0 Å². The number of benzene rings is 1. The first-order valence-electron chi connectivity index (χ1n) is 7.53. The van der Waals surface area contributed by atoms with Crippen LogP contribution < -0.4 is 5.32 Å². The van der Waals surface area contributed by atoms with E-state index in [0.717, 1.165) is 40.6 Å². The van der Waals surface area contributed by atoms with E-state index in [1.54, 1.807) is 11.8 Å². The Morgan fingerprint density at radius 3 is 2.85 bits per heavy atom. The van der Waals surface area contributed by atoms with Gasteiger partial charge in [-0.1, -0.05) is 30.8 Å². The summed E-state index contributed by atoms with van der Waals surface area (Å²) >= 11 is 1.70. The molecule has 1 aromatic carbocycles. The Bertz CT molecular complexity index is 513. The molecule has 3 nitrogen and oxygen atoms in total. The summed E-state index contributed by atoms with van der Waals surface area (Å²) in [4.78, 5) is 4.48. The van der Waals surface area contributed by atoms with Gasteiger partial charge < -0.3 is 9.73 Å². The highest BCUT2D eigenvalue weighted by molar-refractivity contribution is 7.99. The normalized spacial score (nSPS) is 23.2.